The standard InChI is InChI=1S/C20H23NO4S/c1-14(2)25-19-9-8-17(26(3,23)24)12-18(19)20(22)21-11-10-15-6-4-5-7-16(15)13-21/h4-9,12,14H,10-11,13H2,1-3H3. The molecule has 0 aromatic heterocycles. The van der Waals surface area contributed by atoms with Gasteiger partial charge in [0.05, 0.1) is 16.6 Å². The lowest BCUT2D eigenvalue weighted by molar-refractivity contribution is 0.0728. The van der Waals surface area contributed by atoms with Gasteiger partial charge >= 0.3 is 0 Å². The topological polar surface area (TPSA) is 63.7 Å². The van der Waals surface area contributed by atoms with Crippen LogP contribution in [-0.4, -0.2) is 38.1 Å². The van der Waals surface area contributed by atoms with Crippen LogP contribution in [0.5, 0.6) is 5.75 Å². The van der Waals surface area contributed by atoms with Gasteiger partial charge < -0.3 is 9.64 Å². The molecule has 2 aromatic rings. The maximum atomic E-state index is 13.1. The predicted molar refractivity (Wildman–Crippen MR) is 100 cm³/mol. The molecule has 0 saturated heterocycles. The Labute approximate surface area is 154 Å². The van der Waals surface area contributed by atoms with E-state index in [2.05, 4.69) is 6.07 Å². The first-order chi connectivity index (χ1) is 12.3. The zero-order valence-electron chi connectivity index (χ0n) is 15.2. The lowest BCUT2D eigenvalue weighted by Crippen LogP contribution is -2.36. The molecule has 138 valence electrons. The van der Waals surface area contributed by atoms with E-state index in [4.69, 9.17) is 4.74 Å². The Balaban J connectivity index is 1.97. The van der Waals surface area contributed by atoms with Crippen molar-refractivity contribution in [2.45, 2.75) is 37.8 Å². The molecule has 6 heteroatoms. The van der Waals surface area contributed by atoms with Gasteiger partial charge in [0.25, 0.3) is 5.91 Å². The van der Waals surface area contributed by atoms with Crippen molar-refractivity contribution in [3.05, 3.63) is 59.2 Å². The lowest BCUT2D eigenvalue weighted by Gasteiger charge is -2.29. The minimum atomic E-state index is -3.41. The molecule has 26 heavy (non-hydrogen) atoms. The summed E-state index contributed by atoms with van der Waals surface area (Å²) in [4.78, 5) is 15.0. The summed E-state index contributed by atoms with van der Waals surface area (Å²) in [6.07, 6.45) is 1.80. The predicted octanol–water partition coefficient (Wildman–Crippen LogP) is 3.08. The molecule has 0 fully saturated rings. The molecule has 0 N–H and O–H groups in total. The average Bonchev–Trinajstić information content (AvgIpc) is 2.59. The van der Waals surface area contributed by atoms with Gasteiger partial charge in [-0.2, -0.15) is 0 Å². The average molecular weight is 373 g/mol. The van der Waals surface area contributed by atoms with Crippen LogP contribution < -0.4 is 4.74 Å². The molecular formula is C20H23NO4S. The molecular weight excluding hydrogens is 350 g/mol. The van der Waals surface area contributed by atoms with Crippen LogP contribution in [0.1, 0.15) is 35.3 Å². The molecule has 0 radical (unpaired) electrons. The normalized spacial score (nSPS) is 14.2. The Kier molecular flexibility index (Phi) is 5.05. The van der Waals surface area contributed by atoms with E-state index in [1.54, 1.807) is 11.0 Å². The zero-order valence-corrected chi connectivity index (χ0v) is 16.0. The fourth-order valence-corrected chi connectivity index (χ4v) is 3.75. The first kappa shape index (κ1) is 18.5. The molecule has 5 nitrogen and oxygen atoms in total. The van der Waals surface area contributed by atoms with Crippen molar-refractivity contribution in [1.29, 1.82) is 0 Å². The summed E-state index contributed by atoms with van der Waals surface area (Å²) >= 11 is 0. The Morgan fingerprint density at radius 1 is 1.12 bits per heavy atom. The first-order valence-corrected chi connectivity index (χ1v) is 10.5. The highest BCUT2D eigenvalue weighted by molar-refractivity contribution is 7.90. The van der Waals surface area contributed by atoms with Crippen LogP contribution in [0.2, 0.25) is 0 Å². The number of carbonyl (C=O) groups excluding carboxylic acids is 1. The van der Waals surface area contributed by atoms with Crippen molar-refractivity contribution in [1.82, 2.24) is 4.90 Å². The van der Waals surface area contributed by atoms with E-state index >= 15 is 0 Å². The van der Waals surface area contributed by atoms with Crippen LogP contribution in [0, 0.1) is 0 Å². The van der Waals surface area contributed by atoms with Crippen LogP contribution in [0.25, 0.3) is 0 Å². The Morgan fingerprint density at radius 3 is 2.46 bits per heavy atom. The van der Waals surface area contributed by atoms with Gasteiger partial charge in [-0.05, 0) is 49.6 Å². The summed E-state index contributed by atoms with van der Waals surface area (Å²) in [7, 11) is -3.41. The Hall–Kier alpha value is -2.34. The van der Waals surface area contributed by atoms with Gasteiger partial charge in [-0.3, -0.25) is 4.79 Å². The van der Waals surface area contributed by atoms with Crippen LogP contribution in [0.3, 0.4) is 0 Å². The summed E-state index contributed by atoms with van der Waals surface area (Å²) in [6.45, 7) is 4.85. The molecule has 0 atom stereocenters. The largest absolute Gasteiger partial charge is 0.490 e. The number of sulfone groups is 1. The van der Waals surface area contributed by atoms with Crippen molar-refractivity contribution in [3.63, 3.8) is 0 Å². The molecule has 1 heterocycles. The molecule has 0 unspecified atom stereocenters. The van der Waals surface area contributed by atoms with Gasteiger partial charge in [-0.15, -0.1) is 0 Å². The number of amides is 1. The molecule has 1 aliphatic heterocycles. The van der Waals surface area contributed by atoms with Gasteiger partial charge in [0.15, 0.2) is 9.84 Å². The van der Waals surface area contributed by atoms with Crippen molar-refractivity contribution in [2.75, 3.05) is 12.8 Å². The highest BCUT2D eigenvalue weighted by Gasteiger charge is 2.25. The van der Waals surface area contributed by atoms with Gasteiger partial charge in [0, 0.05) is 19.3 Å². The van der Waals surface area contributed by atoms with Gasteiger partial charge in [-0.1, -0.05) is 24.3 Å². The number of ether oxygens (including phenoxy) is 1. The molecule has 0 aliphatic carbocycles. The van der Waals surface area contributed by atoms with Gasteiger partial charge in [0.1, 0.15) is 5.75 Å². The number of carbonyl (C=O) groups is 1. The van der Waals surface area contributed by atoms with E-state index in [0.29, 0.717) is 24.4 Å². The van der Waals surface area contributed by atoms with Gasteiger partial charge in [-0.25, -0.2) is 8.42 Å². The second-order valence-corrected chi connectivity index (χ2v) is 8.86. The zero-order chi connectivity index (χ0) is 18.9. The summed E-state index contributed by atoms with van der Waals surface area (Å²) in [5, 5.41) is 0. The molecule has 3 rings (SSSR count). The number of rotatable bonds is 4. The highest BCUT2D eigenvalue weighted by atomic mass is 32.2. The second-order valence-electron chi connectivity index (χ2n) is 6.84. The molecule has 1 amide bonds. The van der Waals surface area contributed by atoms with Crippen molar-refractivity contribution in [2.24, 2.45) is 0 Å². The number of nitrogens with zero attached hydrogens (tertiary/aromatic N) is 1. The fourth-order valence-electron chi connectivity index (χ4n) is 3.10. The Bertz CT molecular complexity index is 935. The number of benzene rings is 2. The van der Waals surface area contributed by atoms with Crippen LogP contribution in [-0.2, 0) is 22.8 Å². The van der Waals surface area contributed by atoms with Crippen LogP contribution in [0.15, 0.2) is 47.4 Å². The minimum Gasteiger partial charge on any atom is -0.490 e. The monoisotopic (exact) mass is 373 g/mol. The number of hydrogen-bond acceptors (Lipinski definition) is 4. The SMILES string of the molecule is CC(C)Oc1ccc(S(C)(=O)=O)cc1C(=O)N1CCc2ccccc2C1. The van der Waals surface area contributed by atoms with Crippen molar-refractivity contribution < 1.29 is 17.9 Å². The van der Waals surface area contributed by atoms with E-state index in [0.717, 1.165) is 18.2 Å². The first-order valence-electron chi connectivity index (χ1n) is 8.62. The third kappa shape index (κ3) is 3.90. The van der Waals surface area contributed by atoms with E-state index in [1.165, 1.54) is 17.7 Å². The third-order valence-corrected chi connectivity index (χ3v) is 5.50. The van der Waals surface area contributed by atoms with E-state index < -0.39 is 9.84 Å². The van der Waals surface area contributed by atoms with Crippen molar-refractivity contribution >= 4 is 15.7 Å². The maximum Gasteiger partial charge on any atom is 0.257 e. The van der Waals surface area contributed by atoms with Gasteiger partial charge in [0.2, 0.25) is 0 Å². The summed E-state index contributed by atoms with van der Waals surface area (Å²) in [5.74, 6) is 0.205. The summed E-state index contributed by atoms with van der Waals surface area (Å²) in [6, 6.07) is 12.5. The van der Waals surface area contributed by atoms with E-state index in [9.17, 15) is 13.2 Å². The van der Waals surface area contributed by atoms with E-state index in [-0.39, 0.29) is 16.9 Å². The molecule has 2 aromatic carbocycles. The lowest BCUT2D eigenvalue weighted by atomic mass is 9.99. The Morgan fingerprint density at radius 2 is 1.81 bits per heavy atom. The third-order valence-electron chi connectivity index (χ3n) is 4.39. The molecule has 0 saturated carbocycles. The smallest absolute Gasteiger partial charge is 0.257 e. The number of hydrogen-bond donors (Lipinski definition) is 0. The fraction of sp³-hybridized carbons (Fsp3) is 0.350. The van der Waals surface area contributed by atoms with E-state index in [1.807, 2.05) is 32.0 Å². The van der Waals surface area contributed by atoms with Crippen molar-refractivity contribution in [3.8, 4) is 5.75 Å². The number of fused-ring (bicyclic) bond motifs is 1. The molecule has 1 aliphatic rings. The second kappa shape index (κ2) is 7.11. The summed E-state index contributed by atoms with van der Waals surface area (Å²) in [5.41, 5.74) is 2.67. The van der Waals surface area contributed by atoms with Crippen LogP contribution in [0.4, 0.5) is 0 Å². The molecule has 0 spiro atoms. The minimum absolute atomic E-state index is 0.118. The molecule has 0 bridgehead atoms. The van der Waals surface area contributed by atoms with Crippen LogP contribution >= 0.6 is 0 Å². The summed E-state index contributed by atoms with van der Waals surface area (Å²) < 4.78 is 29.6. The maximum absolute atomic E-state index is 13.1. The highest BCUT2D eigenvalue weighted by Crippen LogP contribution is 2.27. The quantitative estimate of drug-likeness (QED) is 0.826.